The zero-order chi connectivity index (χ0) is 25.0. The number of halogens is 1. The summed E-state index contributed by atoms with van der Waals surface area (Å²) >= 11 is 0. The fraction of sp³-hybridized carbons (Fsp3) is 0.286. The minimum absolute atomic E-state index is 0.00528. The van der Waals surface area contributed by atoms with E-state index in [0.29, 0.717) is 0 Å². The van der Waals surface area contributed by atoms with Gasteiger partial charge in [-0.1, -0.05) is 92.2 Å². The van der Waals surface area contributed by atoms with Crippen molar-refractivity contribution < 1.29 is 18.9 Å². The molecule has 0 amide bonds. The Kier molecular flexibility index (Phi) is 7.40. The van der Waals surface area contributed by atoms with Crippen molar-refractivity contribution in [2.45, 2.75) is 39.3 Å². The molecule has 2 atom stereocenters. The molecule has 0 heterocycles. The fourth-order valence-electron chi connectivity index (χ4n) is 4.18. The van der Waals surface area contributed by atoms with E-state index in [-0.39, 0.29) is 11.1 Å². The number of ketones is 2. The van der Waals surface area contributed by atoms with Crippen molar-refractivity contribution in [3.8, 4) is 11.1 Å². The number of benzene rings is 3. The number of aryl methyl sites for hydroxylation is 2. The quantitative estimate of drug-likeness (QED) is 0.166. The number of nitro groups is 1. The second kappa shape index (κ2) is 10.1. The fourth-order valence-corrected chi connectivity index (χ4v) is 4.18. The molecule has 0 aliphatic rings. The van der Waals surface area contributed by atoms with Gasteiger partial charge in [0, 0.05) is 16.4 Å². The van der Waals surface area contributed by atoms with Crippen molar-refractivity contribution in [3.63, 3.8) is 0 Å². The maximum absolute atomic E-state index is 16.8. The standard InChI is InChI=1S/C28H28FNO4/c1-18(2)26(31)28(29,25(17-30(33)34)22-11-9-19(3)10-12-22)27(32)23-15-13-21(14-16-23)24-8-6-5-7-20(24)4/h5-16,18,25H,17H2,1-4H3/t25-,28+/m1/s1. The predicted octanol–water partition coefficient (Wildman–Crippen LogP) is 6.15. The summed E-state index contributed by atoms with van der Waals surface area (Å²) in [7, 11) is 0. The van der Waals surface area contributed by atoms with Crippen LogP contribution in [0.5, 0.6) is 0 Å². The Morgan fingerprint density at radius 3 is 2.06 bits per heavy atom. The molecule has 0 radical (unpaired) electrons. The zero-order valence-corrected chi connectivity index (χ0v) is 19.7. The van der Waals surface area contributed by atoms with E-state index < -0.39 is 40.5 Å². The van der Waals surface area contributed by atoms with Crippen molar-refractivity contribution in [2.75, 3.05) is 6.54 Å². The third-order valence-electron chi connectivity index (χ3n) is 6.11. The van der Waals surface area contributed by atoms with E-state index in [9.17, 15) is 19.7 Å². The molecule has 34 heavy (non-hydrogen) atoms. The molecule has 0 N–H and O–H groups in total. The van der Waals surface area contributed by atoms with Crippen molar-refractivity contribution >= 4 is 11.6 Å². The van der Waals surface area contributed by atoms with E-state index in [4.69, 9.17) is 0 Å². The first-order chi connectivity index (χ1) is 16.1. The Morgan fingerprint density at radius 2 is 1.53 bits per heavy atom. The first-order valence-corrected chi connectivity index (χ1v) is 11.2. The number of nitrogens with zero attached hydrogens (tertiary/aromatic N) is 1. The third kappa shape index (κ3) is 4.96. The van der Waals surface area contributed by atoms with Gasteiger partial charge in [0.15, 0.2) is 5.78 Å². The van der Waals surface area contributed by atoms with Gasteiger partial charge >= 0.3 is 0 Å². The topological polar surface area (TPSA) is 77.3 Å². The SMILES string of the molecule is Cc1ccc([C@@H](C[N+](=O)[O-])[C@@](F)(C(=O)c2ccc(-c3ccccc3C)cc2)C(=O)C(C)C)cc1. The van der Waals surface area contributed by atoms with Crippen LogP contribution in [-0.2, 0) is 4.79 Å². The number of hydrogen-bond acceptors (Lipinski definition) is 4. The average Bonchev–Trinajstić information content (AvgIpc) is 2.82. The van der Waals surface area contributed by atoms with Gasteiger partial charge in [0.1, 0.15) is 0 Å². The highest BCUT2D eigenvalue weighted by molar-refractivity contribution is 6.19. The molecule has 0 fully saturated rings. The van der Waals surface area contributed by atoms with Gasteiger partial charge in [-0.2, -0.15) is 0 Å². The Balaban J connectivity index is 2.10. The van der Waals surface area contributed by atoms with Crippen molar-refractivity contribution in [1.29, 1.82) is 0 Å². The molecule has 3 aromatic rings. The molecule has 5 nitrogen and oxygen atoms in total. The predicted molar refractivity (Wildman–Crippen MR) is 130 cm³/mol. The average molecular weight is 462 g/mol. The highest BCUT2D eigenvalue weighted by Crippen LogP contribution is 2.38. The molecule has 0 unspecified atom stereocenters. The third-order valence-corrected chi connectivity index (χ3v) is 6.11. The number of hydrogen-bond donors (Lipinski definition) is 0. The van der Waals surface area contributed by atoms with Crippen molar-refractivity contribution in [3.05, 3.63) is 105 Å². The van der Waals surface area contributed by atoms with Crippen LogP contribution < -0.4 is 0 Å². The van der Waals surface area contributed by atoms with Gasteiger partial charge in [-0.3, -0.25) is 19.7 Å². The van der Waals surface area contributed by atoms with E-state index >= 15 is 4.39 Å². The molecule has 0 saturated carbocycles. The van der Waals surface area contributed by atoms with Gasteiger partial charge in [0.25, 0.3) is 0 Å². The molecule has 3 rings (SSSR count). The molecule has 3 aromatic carbocycles. The summed E-state index contributed by atoms with van der Waals surface area (Å²) < 4.78 is 16.8. The minimum atomic E-state index is -3.08. The van der Waals surface area contributed by atoms with Crippen LogP contribution in [0.15, 0.2) is 72.8 Å². The second-order valence-corrected chi connectivity index (χ2v) is 8.93. The summed E-state index contributed by atoms with van der Waals surface area (Å²) in [6, 6.07) is 20.5. The van der Waals surface area contributed by atoms with Crippen LogP contribution in [0.4, 0.5) is 4.39 Å². The molecule has 0 aliphatic carbocycles. The molecule has 176 valence electrons. The summed E-state index contributed by atoms with van der Waals surface area (Å²) in [6.45, 7) is 5.89. The van der Waals surface area contributed by atoms with Gasteiger partial charge in [-0.05, 0) is 36.1 Å². The number of alkyl halides is 1. The maximum atomic E-state index is 16.8. The van der Waals surface area contributed by atoms with E-state index in [1.165, 1.54) is 26.0 Å². The molecular formula is C28H28FNO4. The summed E-state index contributed by atoms with van der Waals surface area (Å²) in [5, 5.41) is 11.5. The van der Waals surface area contributed by atoms with Crippen LogP contribution in [0.1, 0.15) is 46.8 Å². The molecule has 0 spiro atoms. The van der Waals surface area contributed by atoms with Crippen LogP contribution >= 0.6 is 0 Å². The number of Topliss-reactive ketones (excluding diaryl/α,β-unsaturated/α-hetero) is 2. The molecular weight excluding hydrogens is 433 g/mol. The normalized spacial score (nSPS) is 13.8. The largest absolute Gasteiger partial charge is 0.295 e. The van der Waals surface area contributed by atoms with Crippen LogP contribution in [-0.4, -0.2) is 28.7 Å². The monoisotopic (exact) mass is 461 g/mol. The summed E-state index contributed by atoms with van der Waals surface area (Å²) in [6.07, 6.45) is 0. The molecule has 0 bridgehead atoms. The molecule has 0 aliphatic heterocycles. The summed E-state index contributed by atoms with van der Waals surface area (Å²) in [5.41, 5.74) is 0.883. The lowest BCUT2D eigenvalue weighted by molar-refractivity contribution is -0.485. The maximum Gasteiger partial charge on any atom is 0.243 e. The summed E-state index contributed by atoms with van der Waals surface area (Å²) in [4.78, 5) is 37.5. The Morgan fingerprint density at radius 1 is 0.941 bits per heavy atom. The Labute approximate surface area is 198 Å². The Hall–Kier alpha value is -3.67. The lowest BCUT2D eigenvalue weighted by Crippen LogP contribution is -2.51. The number of carbonyl (C=O) groups excluding carboxylic acids is 2. The number of rotatable bonds is 9. The first-order valence-electron chi connectivity index (χ1n) is 11.2. The molecule has 6 heteroatoms. The molecule has 0 aromatic heterocycles. The van der Waals surface area contributed by atoms with Crippen LogP contribution in [0.3, 0.4) is 0 Å². The highest BCUT2D eigenvalue weighted by Gasteiger charge is 2.56. The van der Waals surface area contributed by atoms with Crippen LogP contribution in [0, 0.1) is 29.9 Å². The Bertz CT molecular complexity index is 1200. The smallest absolute Gasteiger partial charge is 0.243 e. The minimum Gasteiger partial charge on any atom is -0.295 e. The van der Waals surface area contributed by atoms with Crippen LogP contribution in [0.2, 0.25) is 0 Å². The van der Waals surface area contributed by atoms with Crippen molar-refractivity contribution in [2.24, 2.45) is 5.92 Å². The first kappa shape index (κ1) is 25.0. The zero-order valence-electron chi connectivity index (χ0n) is 19.7. The summed E-state index contributed by atoms with van der Waals surface area (Å²) in [5.74, 6) is -4.41. The van der Waals surface area contributed by atoms with E-state index in [0.717, 1.165) is 22.3 Å². The van der Waals surface area contributed by atoms with Crippen LogP contribution in [0.25, 0.3) is 11.1 Å². The van der Waals surface area contributed by atoms with Crippen molar-refractivity contribution in [1.82, 2.24) is 0 Å². The molecule has 0 saturated heterocycles. The van der Waals surface area contributed by atoms with Gasteiger partial charge < -0.3 is 0 Å². The highest BCUT2D eigenvalue weighted by atomic mass is 19.1. The van der Waals surface area contributed by atoms with Gasteiger partial charge in [-0.15, -0.1) is 0 Å². The number of carbonyl (C=O) groups is 2. The van der Waals surface area contributed by atoms with E-state index in [1.807, 2.05) is 38.1 Å². The van der Waals surface area contributed by atoms with E-state index in [1.54, 1.807) is 36.4 Å². The lowest BCUT2D eigenvalue weighted by Gasteiger charge is -2.31. The van der Waals surface area contributed by atoms with Gasteiger partial charge in [0.2, 0.25) is 18.0 Å². The lowest BCUT2D eigenvalue weighted by atomic mass is 9.73. The van der Waals surface area contributed by atoms with E-state index in [2.05, 4.69) is 0 Å². The van der Waals surface area contributed by atoms with Gasteiger partial charge in [-0.25, -0.2) is 4.39 Å². The van der Waals surface area contributed by atoms with Gasteiger partial charge in [0.05, 0.1) is 5.92 Å². The second-order valence-electron chi connectivity index (χ2n) is 8.93.